The third kappa shape index (κ3) is 4.17. The number of amides is 1. The fourth-order valence-corrected chi connectivity index (χ4v) is 2.73. The Balaban J connectivity index is 2.50. The number of nitrogens with zero attached hydrogens (tertiary/aromatic N) is 1. The lowest BCUT2D eigenvalue weighted by Gasteiger charge is -2.36. The van der Waals surface area contributed by atoms with Crippen LogP contribution in [0.3, 0.4) is 0 Å². The number of alkyl halides is 1. The Labute approximate surface area is 111 Å². The van der Waals surface area contributed by atoms with Gasteiger partial charge in [-0.15, -0.1) is 11.6 Å². The van der Waals surface area contributed by atoms with E-state index < -0.39 is 0 Å². The molecule has 3 atom stereocenters. The standard InChI is InChI=1S/C14H26ClNO/c1-4-6-7-12(5-2)14(17)16-9-8-11(3)13(15)10-16/h11-13H,4-10H2,1-3H3. The minimum Gasteiger partial charge on any atom is -0.341 e. The first kappa shape index (κ1) is 14.8. The van der Waals surface area contributed by atoms with Gasteiger partial charge in [-0.25, -0.2) is 0 Å². The van der Waals surface area contributed by atoms with E-state index in [9.17, 15) is 4.79 Å². The zero-order valence-corrected chi connectivity index (χ0v) is 12.2. The van der Waals surface area contributed by atoms with Gasteiger partial charge in [0.25, 0.3) is 0 Å². The maximum atomic E-state index is 12.4. The molecule has 3 heteroatoms. The summed E-state index contributed by atoms with van der Waals surface area (Å²) in [7, 11) is 0. The Kier molecular flexibility index (Phi) is 6.32. The lowest BCUT2D eigenvalue weighted by Crippen LogP contribution is -2.46. The first-order valence-electron chi connectivity index (χ1n) is 7.02. The molecule has 100 valence electrons. The van der Waals surface area contributed by atoms with Gasteiger partial charge in [0.15, 0.2) is 0 Å². The SMILES string of the molecule is CCCCC(CC)C(=O)N1CCC(C)C(Cl)C1. The number of piperidine rings is 1. The fraction of sp³-hybridized carbons (Fsp3) is 0.929. The molecule has 17 heavy (non-hydrogen) atoms. The van der Waals surface area contributed by atoms with Crippen LogP contribution in [0.25, 0.3) is 0 Å². The van der Waals surface area contributed by atoms with Crippen molar-refractivity contribution in [3.8, 4) is 0 Å². The predicted molar refractivity (Wildman–Crippen MR) is 73.3 cm³/mol. The number of hydrogen-bond donors (Lipinski definition) is 0. The summed E-state index contributed by atoms with van der Waals surface area (Å²) in [5.41, 5.74) is 0. The van der Waals surface area contributed by atoms with Crippen molar-refractivity contribution in [2.75, 3.05) is 13.1 Å². The zero-order valence-electron chi connectivity index (χ0n) is 11.4. The molecule has 1 aliphatic rings. The highest BCUT2D eigenvalue weighted by molar-refractivity contribution is 6.21. The highest BCUT2D eigenvalue weighted by atomic mass is 35.5. The van der Waals surface area contributed by atoms with Gasteiger partial charge >= 0.3 is 0 Å². The second kappa shape index (κ2) is 7.25. The van der Waals surface area contributed by atoms with E-state index in [0.29, 0.717) is 11.8 Å². The average molecular weight is 260 g/mol. The normalized spacial score (nSPS) is 26.9. The van der Waals surface area contributed by atoms with E-state index in [4.69, 9.17) is 11.6 Å². The monoisotopic (exact) mass is 259 g/mol. The molecule has 2 nitrogen and oxygen atoms in total. The van der Waals surface area contributed by atoms with E-state index in [1.54, 1.807) is 0 Å². The molecule has 0 N–H and O–H groups in total. The van der Waals surface area contributed by atoms with Gasteiger partial charge in [-0.05, 0) is 25.2 Å². The quantitative estimate of drug-likeness (QED) is 0.690. The van der Waals surface area contributed by atoms with Crippen molar-refractivity contribution < 1.29 is 4.79 Å². The molecule has 0 aromatic heterocycles. The Morgan fingerprint density at radius 2 is 2.18 bits per heavy atom. The Bertz CT molecular complexity index is 244. The summed E-state index contributed by atoms with van der Waals surface area (Å²) < 4.78 is 0. The van der Waals surface area contributed by atoms with Gasteiger partial charge in [-0.2, -0.15) is 0 Å². The summed E-state index contributed by atoms with van der Waals surface area (Å²) in [6, 6.07) is 0. The van der Waals surface area contributed by atoms with E-state index in [2.05, 4.69) is 20.8 Å². The van der Waals surface area contributed by atoms with Gasteiger partial charge in [-0.1, -0.05) is 33.6 Å². The van der Waals surface area contributed by atoms with Crippen molar-refractivity contribution in [1.82, 2.24) is 4.90 Å². The van der Waals surface area contributed by atoms with Crippen molar-refractivity contribution in [3.05, 3.63) is 0 Å². The Morgan fingerprint density at radius 3 is 2.71 bits per heavy atom. The van der Waals surface area contributed by atoms with Crippen molar-refractivity contribution in [1.29, 1.82) is 0 Å². The molecule has 1 rings (SSSR count). The predicted octanol–water partition coefficient (Wildman–Crippen LogP) is 3.68. The highest BCUT2D eigenvalue weighted by Crippen LogP contribution is 2.24. The lowest BCUT2D eigenvalue weighted by atomic mass is 9.94. The van der Waals surface area contributed by atoms with Gasteiger partial charge in [0, 0.05) is 19.0 Å². The van der Waals surface area contributed by atoms with Crippen LogP contribution in [-0.4, -0.2) is 29.3 Å². The molecule has 1 aliphatic heterocycles. The molecule has 1 saturated heterocycles. The van der Waals surface area contributed by atoms with Crippen molar-refractivity contribution >= 4 is 17.5 Å². The number of likely N-dealkylation sites (tertiary alicyclic amines) is 1. The molecule has 1 amide bonds. The van der Waals surface area contributed by atoms with Gasteiger partial charge in [0.05, 0.1) is 5.38 Å². The van der Waals surface area contributed by atoms with Crippen LogP contribution in [-0.2, 0) is 4.79 Å². The summed E-state index contributed by atoms with van der Waals surface area (Å²) in [6.07, 6.45) is 5.35. The van der Waals surface area contributed by atoms with Crippen LogP contribution < -0.4 is 0 Å². The molecule has 0 spiro atoms. The molecule has 0 aromatic carbocycles. The van der Waals surface area contributed by atoms with E-state index in [1.807, 2.05) is 4.90 Å². The summed E-state index contributed by atoms with van der Waals surface area (Å²) in [5.74, 6) is 1.09. The minimum atomic E-state index is 0.136. The summed E-state index contributed by atoms with van der Waals surface area (Å²) in [6.45, 7) is 8.10. The van der Waals surface area contributed by atoms with Crippen molar-refractivity contribution in [2.24, 2.45) is 11.8 Å². The van der Waals surface area contributed by atoms with Crippen molar-refractivity contribution in [2.45, 2.75) is 58.3 Å². The van der Waals surface area contributed by atoms with Gasteiger partial charge in [-0.3, -0.25) is 4.79 Å². The van der Waals surface area contributed by atoms with E-state index in [0.717, 1.165) is 38.8 Å². The molecular weight excluding hydrogens is 234 g/mol. The molecule has 0 saturated carbocycles. The maximum Gasteiger partial charge on any atom is 0.225 e. The summed E-state index contributed by atoms with van der Waals surface area (Å²) in [5, 5.41) is 0.136. The topological polar surface area (TPSA) is 20.3 Å². The number of hydrogen-bond acceptors (Lipinski definition) is 1. The van der Waals surface area contributed by atoms with Crippen LogP contribution >= 0.6 is 11.6 Å². The molecule has 0 bridgehead atoms. The van der Waals surface area contributed by atoms with Crippen LogP contribution in [0.4, 0.5) is 0 Å². The smallest absolute Gasteiger partial charge is 0.225 e. The van der Waals surface area contributed by atoms with E-state index in [1.165, 1.54) is 6.42 Å². The van der Waals surface area contributed by atoms with Crippen LogP contribution in [0.2, 0.25) is 0 Å². The number of carbonyl (C=O) groups is 1. The van der Waals surface area contributed by atoms with E-state index in [-0.39, 0.29) is 11.3 Å². The highest BCUT2D eigenvalue weighted by Gasteiger charge is 2.30. The van der Waals surface area contributed by atoms with Gasteiger partial charge < -0.3 is 4.90 Å². The third-order valence-corrected chi connectivity index (χ3v) is 4.49. The van der Waals surface area contributed by atoms with E-state index >= 15 is 0 Å². The molecule has 0 radical (unpaired) electrons. The maximum absolute atomic E-state index is 12.4. The molecule has 0 aliphatic carbocycles. The lowest BCUT2D eigenvalue weighted by molar-refractivity contribution is -0.137. The second-order valence-electron chi connectivity index (χ2n) is 5.31. The number of rotatable bonds is 5. The Hall–Kier alpha value is -0.240. The van der Waals surface area contributed by atoms with Crippen LogP contribution in [0, 0.1) is 11.8 Å². The zero-order chi connectivity index (χ0) is 12.8. The molecule has 1 fully saturated rings. The molecule has 0 aromatic rings. The van der Waals surface area contributed by atoms with Crippen LogP contribution in [0.1, 0.15) is 52.9 Å². The molecule has 3 unspecified atom stereocenters. The Morgan fingerprint density at radius 1 is 1.47 bits per heavy atom. The van der Waals surface area contributed by atoms with Gasteiger partial charge in [0.1, 0.15) is 0 Å². The van der Waals surface area contributed by atoms with Crippen LogP contribution in [0.5, 0.6) is 0 Å². The fourth-order valence-electron chi connectivity index (χ4n) is 2.43. The first-order valence-corrected chi connectivity index (χ1v) is 7.46. The van der Waals surface area contributed by atoms with Crippen molar-refractivity contribution in [3.63, 3.8) is 0 Å². The largest absolute Gasteiger partial charge is 0.341 e. The number of carbonyl (C=O) groups excluding carboxylic acids is 1. The molecule has 1 heterocycles. The first-order chi connectivity index (χ1) is 8.10. The summed E-state index contributed by atoms with van der Waals surface area (Å²) >= 11 is 6.26. The number of unbranched alkanes of at least 4 members (excludes halogenated alkanes) is 1. The second-order valence-corrected chi connectivity index (χ2v) is 5.87. The van der Waals surface area contributed by atoms with Gasteiger partial charge in [0.2, 0.25) is 5.91 Å². The molecular formula is C14H26ClNO. The number of halogens is 1. The minimum absolute atomic E-state index is 0.136. The summed E-state index contributed by atoms with van der Waals surface area (Å²) in [4.78, 5) is 14.3. The average Bonchev–Trinajstić information content (AvgIpc) is 2.33. The third-order valence-electron chi connectivity index (χ3n) is 3.93. The van der Waals surface area contributed by atoms with Crippen LogP contribution in [0.15, 0.2) is 0 Å².